The Morgan fingerprint density at radius 1 is 1.62 bits per heavy atom. The standard InChI is InChI=1S/C5H11N2.Li/c1-2-3-4-7-5-6;/h2-4H2,1H3,(H2,6,7);/q-1;+1. The van der Waals surface area contributed by atoms with Gasteiger partial charge in [0, 0.05) is 0 Å². The van der Waals surface area contributed by atoms with Crippen molar-refractivity contribution in [2.24, 2.45) is 0 Å². The van der Waals surface area contributed by atoms with E-state index in [1.807, 2.05) is 0 Å². The summed E-state index contributed by atoms with van der Waals surface area (Å²) in [6.07, 6.45) is 4.41. The second-order valence-corrected chi connectivity index (χ2v) is 1.41. The zero-order valence-corrected chi connectivity index (χ0v) is 5.62. The maximum atomic E-state index is 6.42. The number of hydrogen-bond acceptors (Lipinski definition) is 1. The van der Waals surface area contributed by atoms with Crippen molar-refractivity contribution in [3.8, 4) is 0 Å². The molecule has 0 aromatic rings. The maximum absolute atomic E-state index is 6.42. The molecule has 0 aliphatic carbocycles. The normalized spacial score (nSPS) is 7.12. The van der Waals surface area contributed by atoms with Gasteiger partial charge in [-0.15, -0.1) is 0 Å². The fourth-order valence-electron chi connectivity index (χ4n) is 0.328. The summed E-state index contributed by atoms with van der Waals surface area (Å²) in [5, 5.41) is 9.09. The molecule has 0 amide bonds. The Morgan fingerprint density at radius 3 is 2.62 bits per heavy atom. The monoisotopic (exact) mass is 106 g/mol. The van der Waals surface area contributed by atoms with E-state index in [2.05, 4.69) is 18.6 Å². The molecule has 0 heterocycles. The van der Waals surface area contributed by atoms with Crippen molar-refractivity contribution in [2.45, 2.75) is 19.8 Å². The van der Waals surface area contributed by atoms with Crippen molar-refractivity contribution < 1.29 is 18.9 Å². The molecule has 3 heteroatoms. The first kappa shape index (κ1) is 10.9. The molecular weight excluding hydrogens is 95.0 g/mol. The van der Waals surface area contributed by atoms with Crippen LogP contribution in [0, 0.1) is 5.41 Å². The molecule has 0 aliphatic rings. The van der Waals surface area contributed by atoms with Crippen LogP contribution in [-0.2, 0) is 0 Å². The number of nitrogens with one attached hydrogen (secondary N) is 2. The van der Waals surface area contributed by atoms with Crippen molar-refractivity contribution >= 4 is 6.34 Å². The topological polar surface area (TPSA) is 35.9 Å². The Kier molecular flexibility index (Phi) is 13.9. The molecule has 0 spiro atoms. The second kappa shape index (κ2) is 10.1. The quantitative estimate of drug-likeness (QED) is 0.105. The molecule has 2 N–H and O–H groups in total. The molecule has 8 heavy (non-hydrogen) atoms. The number of rotatable bonds is 4. The molecule has 0 unspecified atom stereocenters. The largest absolute Gasteiger partial charge is 1.00 e. The van der Waals surface area contributed by atoms with E-state index >= 15 is 0 Å². The first-order valence-corrected chi connectivity index (χ1v) is 2.56. The fourth-order valence-corrected chi connectivity index (χ4v) is 0.328. The van der Waals surface area contributed by atoms with Crippen LogP contribution in [-0.4, -0.2) is 12.9 Å². The van der Waals surface area contributed by atoms with Gasteiger partial charge in [0.25, 0.3) is 0 Å². The van der Waals surface area contributed by atoms with Gasteiger partial charge in [0.15, 0.2) is 0 Å². The van der Waals surface area contributed by atoms with Crippen molar-refractivity contribution in [1.29, 1.82) is 5.41 Å². The summed E-state index contributed by atoms with van der Waals surface area (Å²) < 4.78 is 0. The van der Waals surface area contributed by atoms with Crippen LogP contribution in [0.2, 0.25) is 0 Å². The summed E-state index contributed by atoms with van der Waals surface area (Å²) in [5.74, 6) is 0. The molecule has 0 rings (SSSR count). The molecule has 0 atom stereocenters. The third-order valence-corrected chi connectivity index (χ3v) is 0.744. The van der Waals surface area contributed by atoms with Gasteiger partial charge in [-0.1, -0.05) is 13.3 Å². The summed E-state index contributed by atoms with van der Waals surface area (Å²) in [6, 6.07) is 0. The van der Waals surface area contributed by atoms with E-state index in [9.17, 15) is 0 Å². The molecular formula is C5H11LiN2. The molecule has 42 valence electrons. The second-order valence-electron chi connectivity index (χ2n) is 1.41. The van der Waals surface area contributed by atoms with Crippen LogP contribution in [0.15, 0.2) is 0 Å². The summed E-state index contributed by atoms with van der Waals surface area (Å²) in [6.45, 7) is 3.01. The predicted octanol–water partition coefficient (Wildman–Crippen LogP) is -2.14. The third-order valence-electron chi connectivity index (χ3n) is 0.744. The van der Waals surface area contributed by atoms with Crippen molar-refractivity contribution in [3.05, 3.63) is 0 Å². The smallest absolute Gasteiger partial charge is 0.551 e. The van der Waals surface area contributed by atoms with Crippen LogP contribution in [0.5, 0.6) is 0 Å². The first-order valence-electron chi connectivity index (χ1n) is 2.56. The van der Waals surface area contributed by atoms with Gasteiger partial charge < -0.3 is 17.1 Å². The van der Waals surface area contributed by atoms with Crippen LogP contribution >= 0.6 is 0 Å². The van der Waals surface area contributed by atoms with Crippen LogP contribution in [0.4, 0.5) is 0 Å². The number of unbranched alkanes of at least 4 members (excludes halogenated alkanes) is 1. The Hall–Kier alpha value is 0.0674. The predicted molar refractivity (Wildman–Crippen MR) is 30.6 cm³/mol. The molecule has 0 bridgehead atoms. The van der Waals surface area contributed by atoms with Gasteiger partial charge in [0.05, 0.1) is 0 Å². The summed E-state index contributed by atoms with van der Waals surface area (Å²) in [7, 11) is 0. The van der Waals surface area contributed by atoms with Crippen molar-refractivity contribution in [3.63, 3.8) is 0 Å². The summed E-state index contributed by atoms with van der Waals surface area (Å²) in [4.78, 5) is 0. The SMILES string of the molecule is CCCCN[C-]=N.[Li+]. The van der Waals surface area contributed by atoms with E-state index in [-0.39, 0.29) is 18.9 Å². The van der Waals surface area contributed by atoms with Gasteiger partial charge in [0.1, 0.15) is 0 Å². The molecule has 0 saturated heterocycles. The van der Waals surface area contributed by atoms with E-state index in [0.717, 1.165) is 13.0 Å². The molecule has 0 aromatic carbocycles. The molecule has 0 aromatic heterocycles. The van der Waals surface area contributed by atoms with Gasteiger partial charge in [-0.25, -0.2) is 0 Å². The summed E-state index contributed by atoms with van der Waals surface area (Å²) in [5.41, 5.74) is 0. The first-order chi connectivity index (χ1) is 3.41. The van der Waals surface area contributed by atoms with Crippen LogP contribution in [0.1, 0.15) is 19.8 Å². The van der Waals surface area contributed by atoms with E-state index in [4.69, 9.17) is 5.41 Å². The minimum atomic E-state index is 0. The van der Waals surface area contributed by atoms with Gasteiger partial charge in [-0.05, 0) is 13.0 Å². The zero-order chi connectivity index (χ0) is 5.54. The summed E-state index contributed by atoms with van der Waals surface area (Å²) >= 11 is 0. The Balaban J connectivity index is 0. The van der Waals surface area contributed by atoms with Crippen molar-refractivity contribution in [1.82, 2.24) is 5.32 Å². The zero-order valence-electron chi connectivity index (χ0n) is 5.62. The van der Waals surface area contributed by atoms with Gasteiger partial charge in [-0.3, -0.25) is 0 Å². The molecule has 0 radical (unpaired) electrons. The molecule has 0 aliphatic heterocycles. The van der Waals surface area contributed by atoms with Crippen molar-refractivity contribution in [2.75, 3.05) is 6.54 Å². The third kappa shape index (κ3) is 9.42. The Bertz CT molecular complexity index is 47.7. The molecule has 0 fully saturated rings. The Labute approximate surface area is 62.7 Å². The number of hydrogen-bond donors (Lipinski definition) is 2. The van der Waals surface area contributed by atoms with Crippen LogP contribution in [0.25, 0.3) is 0 Å². The Morgan fingerprint density at radius 2 is 2.25 bits per heavy atom. The minimum absolute atomic E-state index is 0. The molecule has 0 saturated carbocycles. The van der Waals surface area contributed by atoms with Crippen LogP contribution < -0.4 is 24.2 Å². The van der Waals surface area contributed by atoms with E-state index in [1.165, 1.54) is 6.42 Å². The fraction of sp³-hybridized carbons (Fsp3) is 0.800. The maximum Gasteiger partial charge on any atom is 1.00 e. The average Bonchev–Trinajstić information content (AvgIpc) is 1.69. The van der Waals surface area contributed by atoms with Crippen LogP contribution in [0.3, 0.4) is 0 Å². The van der Waals surface area contributed by atoms with Gasteiger partial charge in [-0.2, -0.15) is 0 Å². The van der Waals surface area contributed by atoms with E-state index in [0.29, 0.717) is 0 Å². The average molecular weight is 106 g/mol. The van der Waals surface area contributed by atoms with E-state index in [1.54, 1.807) is 0 Å². The molecule has 2 nitrogen and oxygen atoms in total. The van der Waals surface area contributed by atoms with E-state index < -0.39 is 0 Å². The van der Waals surface area contributed by atoms with Gasteiger partial charge >= 0.3 is 18.9 Å². The van der Waals surface area contributed by atoms with Gasteiger partial charge in [0.2, 0.25) is 0 Å². The minimum Gasteiger partial charge on any atom is -0.551 e.